The highest BCUT2D eigenvalue weighted by Gasteiger charge is 2.42. The Balaban J connectivity index is 1.27. The van der Waals surface area contributed by atoms with Gasteiger partial charge >= 0.3 is 12.2 Å². The third-order valence-corrected chi connectivity index (χ3v) is 10.0. The molecule has 2 aromatic heterocycles. The molecule has 4 N–H and O–H groups in total. The van der Waals surface area contributed by atoms with Crippen LogP contribution in [0.25, 0.3) is 0 Å². The Morgan fingerprint density at radius 2 is 1.23 bits per heavy atom. The lowest BCUT2D eigenvalue weighted by Crippen LogP contribution is -2.54. The fraction of sp³-hybridized carbons (Fsp3) is 0.444. The Morgan fingerprint density at radius 1 is 0.717 bits per heavy atom. The second kappa shape index (κ2) is 18.4. The number of carbonyl (C=O) groups is 4. The van der Waals surface area contributed by atoms with Crippen LogP contribution in [0, 0.1) is 0 Å². The number of benzene rings is 2. The summed E-state index contributed by atoms with van der Waals surface area (Å²) in [7, 11) is 0. The van der Waals surface area contributed by atoms with E-state index in [0.29, 0.717) is 34.2 Å². The SMILES string of the molecule is CCC(NC(=O)OC(C)(C)C)(C(=O)Nc1nnc(CCSCCc2nnc(NC(=O)C(NC(=O)OC(C)(C)C)c3ccccc3)s2)s1)c1ccccc1. The second-order valence-electron chi connectivity index (χ2n) is 13.8. The van der Waals surface area contributed by atoms with Gasteiger partial charge in [-0.2, -0.15) is 11.8 Å². The number of aromatic nitrogens is 4. The van der Waals surface area contributed by atoms with E-state index in [2.05, 4.69) is 41.7 Å². The molecule has 4 rings (SSSR count). The molecule has 4 amide bonds. The van der Waals surface area contributed by atoms with Crippen molar-refractivity contribution in [2.45, 2.75) is 90.5 Å². The molecule has 2 heterocycles. The minimum absolute atomic E-state index is 0.270. The molecule has 284 valence electrons. The topological polar surface area (TPSA) is 186 Å². The van der Waals surface area contributed by atoms with Gasteiger partial charge in [0, 0.05) is 12.8 Å². The number of carbonyl (C=O) groups excluding carboxylic acids is 4. The molecule has 17 heteroatoms. The highest BCUT2D eigenvalue weighted by Crippen LogP contribution is 2.29. The van der Waals surface area contributed by atoms with E-state index in [9.17, 15) is 19.2 Å². The van der Waals surface area contributed by atoms with Gasteiger partial charge in [0.05, 0.1) is 0 Å². The third-order valence-electron chi connectivity index (χ3n) is 7.26. The number of hydrogen-bond acceptors (Lipinski definition) is 13. The molecule has 0 spiro atoms. The van der Waals surface area contributed by atoms with E-state index in [1.807, 2.05) is 31.2 Å². The largest absolute Gasteiger partial charge is 0.444 e. The molecule has 0 fully saturated rings. The maximum absolute atomic E-state index is 13.8. The zero-order chi connectivity index (χ0) is 38.6. The van der Waals surface area contributed by atoms with E-state index in [0.717, 1.165) is 21.5 Å². The van der Waals surface area contributed by atoms with Gasteiger partial charge in [0.15, 0.2) is 0 Å². The number of nitrogens with one attached hydrogen (secondary N) is 4. The average Bonchev–Trinajstić information content (AvgIpc) is 3.74. The van der Waals surface area contributed by atoms with E-state index in [1.54, 1.807) is 89.7 Å². The van der Waals surface area contributed by atoms with Crippen molar-refractivity contribution in [1.82, 2.24) is 31.0 Å². The van der Waals surface area contributed by atoms with Crippen molar-refractivity contribution in [3.63, 3.8) is 0 Å². The van der Waals surface area contributed by atoms with Crippen LogP contribution in [-0.2, 0) is 37.4 Å². The Hall–Kier alpha value is -4.61. The predicted octanol–water partition coefficient (Wildman–Crippen LogP) is 6.88. The van der Waals surface area contributed by atoms with Gasteiger partial charge in [0.1, 0.15) is 32.8 Å². The molecule has 2 aromatic carbocycles. The number of ether oxygens (including phenoxy) is 2. The molecule has 0 saturated carbocycles. The predicted molar refractivity (Wildman–Crippen MR) is 208 cm³/mol. The maximum Gasteiger partial charge on any atom is 0.408 e. The van der Waals surface area contributed by atoms with Gasteiger partial charge in [-0.15, -0.1) is 20.4 Å². The van der Waals surface area contributed by atoms with Crippen LogP contribution in [0.5, 0.6) is 0 Å². The van der Waals surface area contributed by atoms with Crippen molar-refractivity contribution < 1.29 is 28.7 Å². The lowest BCUT2D eigenvalue weighted by atomic mass is 9.86. The van der Waals surface area contributed by atoms with Crippen LogP contribution in [0.3, 0.4) is 0 Å². The summed E-state index contributed by atoms with van der Waals surface area (Å²) in [5.41, 5.74) is -1.64. The molecule has 14 nitrogen and oxygen atoms in total. The second-order valence-corrected chi connectivity index (χ2v) is 17.1. The average molecular weight is 783 g/mol. The van der Waals surface area contributed by atoms with Gasteiger partial charge in [-0.25, -0.2) is 9.59 Å². The van der Waals surface area contributed by atoms with E-state index >= 15 is 0 Å². The quantitative estimate of drug-likeness (QED) is 0.0921. The van der Waals surface area contributed by atoms with Crippen LogP contribution in [0.15, 0.2) is 60.7 Å². The molecule has 4 aromatic rings. The number of anilines is 2. The van der Waals surface area contributed by atoms with E-state index in [1.165, 1.54) is 22.7 Å². The smallest absolute Gasteiger partial charge is 0.408 e. The lowest BCUT2D eigenvalue weighted by Gasteiger charge is -2.33. The summed E-state index contributed by atoms with van der Waals surface area (Å²) in [4.78, 5) is 52.3. The van der Waals surface area contributed by atoms with E-state index in [-0.39, 0.29) is 6.42 Å². The normalized spacial score (nSPS) is 13.3. The van der Waals surface area contributed by atoms with Gasteiger partial charge in [-0.05, 0) is 70.6 Å². The fourth-order valence-electron chi connectivity index (χ4n) is 4.90. The highest BCUT2D eigenvalue weighted by atomic mass is 32.2. The summed E-state index contributed by atoms with van der Waals surface area (Å²) in [5, 5.41) is 30.0. The molecular formula is C36H46N8O6S3. The van der Waals surface area contributed by atoms with Crippen molar-refractivity contribution in [2.75, 3.05) is 22.1 Å². The third kappa shape index (κ3) is 12.8. The molecule has 53 heavy (non-hydrogen) atoms. The summed E-state index contributed by atoms with van der Waals surface area (Å²) in [6.07, 6.45) is 0.130. The van der Waals surface area contributed by atoms with Crippen LogP contribution >= 0.6 is 34.4 Å². The number of thioether (sulfide) groups is 1. The van der Waals surface area contributed by atoms with Crippen molar-refractivity contribution in [1.29, 1.82) is 0 Å². The first kappa shape index (κ1) is 41.2. The number of rotatable bonds is 15. The van der Waals surface area contributed by atoms with Crippen molar-refractivity contribution in [3.05, 3.63) is 81.8 Å². The zero-order valence-corrected chi connectivity index (χ0v) is 33.3. The van der Waals surface area contributed by atoms with E-state index < -0.39 is 46.8 Å². The van der Waals surface area contributed by atoms with Crippen molar-refractivity contribution in [2.24, 2.45) is 0 Å². The maximum atomic E-state index is 13.8. The molecule has 0 saturated heterocycles. The van der Waals surface area contributed by atoms with Crippen LogP contribution < -0.4 is 21.3 Å². The molecule has 0 aliphatic rings. The molecule has 2 unspecified atom stereocenters. The molecule has 0 bridgehead atoms. The zero-order valence-electron chi connectivity index (χ0n) is 30.8. The number of amides is 4. The van der Waals surface area contributed by atoms with Crippen LogP contribution in [0.4, 0.5) is 19.9 Å². The number of alkyl carbamates (subject to hydrolysis) is 2. The minimum Gasteiger partial charge on any atom is -0.444 e. The summed E-state index contributed by atoms with van der Waals surface area (Å²) in [6, 6.07) is 16.9. The molecular weight excluding hydrogens is 737 g/mol. The van der Waals surface area contributed by atoms with Crippen LogP contribution in [0.1, 0.15) is 82.1 Å². The Bertz CT molecular complexity index is 1830. The minimum atomic E-state index is -1.39. The first-order chi connectivity index (χ1) is 25.1. The Kier molecular flexibility index (Phi) is 14.3. The van der Waals surface area contributed by atoms with Crippen molar-refractivity contribution >= 4 is 68.7 Å². The highest BCUT2D eigenvalue weighted by molar-refractivity contribution is 7.99. The lowest BCUT2D eigenvalue weighted by molar-refractivity contribution is -0.123. The summed E-state index contributed by atoms with van der Waals surface area (Å²) in [5.74, 6) is 0.594. The van der Waals surface area contributed by atoms with Gasteiger partial charge in [0.25, 0.3) is 11.8 Å². The van der Waals surface area contributed by atoms with Gasteiger partial charge < -0.3 is 20.1 Å². The molecule has 0 aliphatic carbocycles. The Morgan fingerprint density at radius 3 is 1.75 bits per heavy atom. The monoisotopic (exact) mass is 782 g/mol. The standard InChI is InChI=1S/C36H46N8O6S3/c1-8-36(24-17-13-10-14-18-24,40-33(48)50-35(5,6)7)29(46)39-31-44-42-26(53-31)20-22-51-21-19-25-41-43-30(52-25)38-28(45)27(23-15-11-9-12-16-23)37-32(47)49-34(2,3)4/h9-18,27H,8,19-22H2,1-7H3,(H,37,47)(H,40,48)(H,38,43,45)(H,39,44,46). The first-order valence-electron chi connectivity index (χ1n) is 17.0. The fourth-order valence-corrected chi connectivity index (χ4v) is 7.51. The van der Waals surface area contributed by atoms with Gasteiger partial charge in [-0.1, -0.05) is 90.3 Å². The molecule has 0 radical (unpaired) electrons. The van der Waals surface area contributed by atoms with Crippen molar-refractivity contribution in [3.8, 4) is 0 Å². The number of nitrogens with zero attached hydrogens (tertiary/aromatic N) is 4. The summed E-state index contributed by atoms with van der Waals surface area (Å²) in [6.45, 7) is 12.3. The number of hydrogen-bond donors (Lipinski definition) is 4. The molecule has 2 atom stereocenters. The van der Waals surface area contributed by atoms with Crippen LogP contribution in [0.2, 0.25) is 0 Å². The van der Waals surface area contributed by atoms with Gasteiger partial charge in [0.2, 0.25) is 10.3 Å². The number of aryl methyl sites for hydroxylation is 2. The Labute approximate surface area is 321 Å². The molecule has 0 aliphatic heterocycles. The van der Waals surface area contributed by atoms with E-state index in [4.69, 9.17) is 9.47 Å². The first-order valence-corrected chi connectivity index (χ1v) is 19.8. The summed E-state index contributed by atoms with van der Waals surface area (Å²) < 4.78 is 10.8. The van der Waals surface area contributed by atoms with Crippen LogP contribution in [-0.4, -0.2) is 67.1 Å². The van der Waals surface area contributed by atoms with Gasteiger partial charge in [-0.3, -0.25) is 20.2 Å². The summed E-state index contributed by atoms with van der Waals surface area (Å²) >= 11 is 4.24.